The van der Waals surface area contributed by atoms with E-state index in [1.54, 1.807) is 12.1 Å². The maximum atomic E-state index is 12.1. The summed E-state index contributed by atoms with van der Waals surface area (Å²) in [6, 6.07) is 6.87. The minimum Gasteiger partial charge on any atom is -0.435 e. The number of aryl methyl sites for hydroxylation is 1. The zero-order valence-corrected chi connectivity index (χ0v) is 11.7. The van der Waals surface area contributed by atoms with Crippen LogP contribution in [0.3, 0.4) is 0 Å². The molecular formula is C15H17F2N3O. The van der Waals surface area contributed by atoms with Crippen molar-refractivity contribution < 1.29 is 13.5 Å². The summed E-state index contributed by atoms with van der Waals surface area (Å²) in [7, 11) is 0. The first-order valence-electron chi connectivity index (χ1n) is 7.02. The van der Waals surface area contributed by atoms with Crippen molar-refractivity contribution in [1.82, 2.24) is 9.55 Å². The van der Waals surface area contributed by atoms with E-state index in [9.17, 15) is 8.78 Å². The monoisotopic (exact) mass is 293 g/mol. The molecule has 1 fully saturated rings. The minimum absolute atomic E-state index is 0.129. The SMILES string of the molecule is CCc1nc(-c2ccc(OC(F)F)cc2)c(N)n1C1CC1. The molecule has 0 bridgehead atoms. The van der Waals surface area contributed by atoms with Crippen LogP contribution < -0.4 is 10.5 Å². The van der Waals surface area contributed by atoms with E-state index >= 15 is 0 Å². The van der Waals surface area contributed by atoms with E-state index in [0.29, 0.717) is 17.6 Å². The number of nitrogens with zero attached hydrogens (tertiary/aromatic N) is 2. The molecule has 0 unspecified atom stereocenters. The van der Waals surface area contributed by atoms with Gasteiger partial charge in [-0.1, -0.05) is 6.92 Å². The molecule has 1 aromatic carbocycles. The molecule has 6 heteroatoms. The highest BCUT2D eigenvalue weighted by Gasteiger charge is 2.29. The smallest absolute Gasteiger partial charge is 0.387 e. The molecule has 0 radical (unpaired) electrons. The Hall–Kier alpha value is -2.11. The van der Waals surface area contributed by atoms with E-state index in [4.69, 9.17) is 5.73 Å². The fraction of sp³-hybridized carbons (Fsp3) is 0.400. The van der Waals surface area contributed by atoms with Crippen LogP contribution in [0.15, 0.2) is 24.3 Å². The van der Waals surface area contributed by atoms with Gasteiger partial charge >= 0.3 is 6.61 Å². The summed E-state index contributed by atoms with van der Waals surface area (Å²) in [6.07, 6.45) is 3.08. The third-order valence-corrected chi connectivity index (χ3v) is 3.60. The van der Waals surface area contributed by atoms with Gasteiger partial charge in [-0.15, -0.1) is 0 Å². The molecule has 4 nitrogen and oxygen atoms in total. The maximum Gasteiger partial charge on any atom is 0.387 e. The van der Waals surface area contributed by atoms with Gasteiger partial charge in [-0.3, -0.25) is 0 Å². The van der Waals surface area contributed by atoms with Crippen molar-refractivity contribution in [2.75, 3.05) is 5.73 Å². The van der Waals surface area contributed by atoms with Gasteiger partial charge < -0.3 is 15.0 Å². The number of alkyl halides is 2. The van der Waals surface area contributed by atoms with Crippen LogP contribution in [0.25, 0.3) is 11.3 Å². The van der Waals surface area contributed by atoms with Crippen LogP contribution in [0.5, 0.6) is 5.75 Å². The molecule has 1 saturated carbocycles. The standard InChI is InChI=1S/C15H17F2N3O/c1-2-12-19-13(14(18)20(12)10-5-6-10)9-3-7-11(8-4-9)21-15(16)17/h3-4,7-8,10,15H,2,5-6,18H2,1H3. The van der Waals surface area contributed by atoms with Crippen LogP contribution in [0, 0.1) is 0 Å². The number of nitrogen functional groups attached to an aromatic ring is 1. The largest absolute Gasteiger partial charge is 0.435 e. The van der Waals surface area contributed by atoms with Gasteiger partial charge in [0, 0.05) is 18.0 Å². The van der Waals surface area contributed by atoms with Gasteiger partial charge in [0.05, 0.1) is 0 Å². The number of hydrogen-bond donors (Lipinski definition) is 1. The van der Waals surface area contributed by atoms with Gasteiger partial charge in [0.2, 0.25) is 0 Å². The molecule has 112 valence electrons. The van der Waals surface area contributed by atoms with Gasteiger partial charge in [-0.05, 0) is 37.1 Å². The summed E-state index contributed by atoms with van der Waals surface area (Å²) < 4.78 is 30.7. The molecule has 2 N–H and O–H groups in total. The van der Waals surface area contributed by atoms with Crippen molar-refractivity contribution in [2.24, 2.45) is 0 Å². The van der Waals surface area contributed by atoms with E-state index < -0.39 is 6.61 Å². The Bertz CT molecular complexity index is 633. The van der Waals surface area contributed by atoms with E-state index in [1.165, 1.54) is 12.1 Å². The highest BCUT2D eigenvalue weighted by molar-refractivity contribution is 5.71. The molecule has 0 spiro atoms. The van der Waals surface area contributed by atoms with Crippen molar-refractivity contribution in [1.29, 1.82) is 0 Å². The molecule has 0 aliphatic heterocycles. The Kier molecular flexibility index (Phi) is 3.53. The van der Waals surface area contributed by atoms with Gasteiger partial charge in [0.15, 0.2) is 0 Å². The number of aromatic nitrogens is 2. The lowest BCUT2D eigenvalue weighted by Crippen LogP contribution is -2.04. The number of halogens is 2. The van der Waals surface area contributed by atoms with Crippen molar-refractivity contribution in [2.45, 2.75) is 38.8 Å². The van der Waals surface area contributed by atoms with Crippen molar-refractivity contribution in [3.63, 3.8) is 0 Å². The van der Waals surface area contributed by atoms with Crippen LogP contribution in [-0.4, -0.2) is 16.2 Å². The van der Waals surface area contributed by atoms with Gasteiger partial charge in [0.25, 0.3) is 0 Å². The lowest BCUT2D eigenvalue weighted by Gasteiger charge is -2.07. The Balaban J connectivity index is 1.93. The average molecular weight is 293 g/mol. The van der Waals surface area contributed by atoms with Crippen molar-refractivity contribution >= 4 is 5.82 Å². The number of nitrogens with two attached hydrogens (primary N) is 1. The first-order valence-corrected chi connectivity index (χ1v) is 7.02. The summed E-state index contributed by atoms with van der Waals surface area (Å²) in [5.41, 5.74) is 7.74. The first kappa shape index (κ1) is 13.9. The Labute approximate surface area is 121 Å². The number of benzene rings is 1. The summed E-state index contributed by atoms with van der Waals surface area (Å²) in [5.74, 6) is 1.75. The summed E-state index contributed by atoms with van der Waals surface area (Å²) in [4.78, 5) is 4.60. The molecule has 1 heterocycles. The molecule has 1 aliphatic rings. The van der Waals surface area contributed by atoms with E-state index in [1.807, 2.05) is 6.92 Å². The van der Waals surface area contributed by atoms with Gasteiger partial charge in [0.1, 0.15) is 23.1 Å². The van der Waals surface area contributed by atoms with Crippen molar-refractivity contribution in [3.05, 3.63) is 30.1 Å². The lowest BCUT2D eigenvalue weighted by molar-refractivity contribution is -0.0498. The predicted molar refractivity (Wildman–Crippen MR) is 76.4 cm³/mol. The van der Waals surface area contributed by atoms with E-state index in [0.717, 1.165) is 30.7 Å². The van der Waals surface area contributed by atoms with Gasteiger partial charge in [-0.2, -0.15) is 8.78 Å². The minimum atomic E-state index is -2.82. The van der Waals surface area contributed by atoms with E-state index in [2.05, 4.69) is 14.3 Å². The lowest BCUT2D eigenvalue weighted by atomic mass is 10.1. The number of rotatable bonds is 5. The fourth-order valence-corrected chi connectivity index (χ4v) is 2.49. The Morgan fingerprint density at radius 3 is 2.52 bits per heavy atom. The van der Waals surface area contributed by atoms with Crippen LogP contribution in [0.2, 0.25) is 0 Å². The van der Waals surface area contributed by atoms with Crippen LogP contribution in [0.1, 0.15) is 31.6 Å². The topological polar surface area (TPSA) is 53.1 Å². The van der Waals surface area contributed by atoms with Crippen LogP contribution in [0.4, 0.5) is 14.6 Å². The van der Waals surface area contributed by atoms with Crippen molar-refractivity contribution in [3.8, 4) is 17.0 Å². The first-order chi connectivity index (χ1) is 10.1. The number of imidazole rings is 1. The number of ether oxygens (including phenoxy) is 1. The Morgan fingerprint density at radius 1 is 1.33 bits per heavy atom. The zero-order valence-electron chi connectivity index (χ0n) is 11.7. The molecule has 21 heavy (non-hydrogen) atoms. The summed E-state index contributed by atoms with van der Waals surface area (Å²) >= 11 is 0. The number of hydrogen-bond acceptors (Lipinski definition) is 3. The fourth-order valence-electron chi connectivity index (χ4n) is 2.49. The molecule has 0 saturated heterocycles. The second-order valence-corrected chi connectivity index (χ2v) is 5.12. The maximum absolute atomic E-state index is 12.1. The molecule has 0 amide bonds. The predicted octanol–water partition coefficient (Wildman–Crippen LogP) is 3.63. The molecule has 1 aliphatic carbocycles. The van der Waals surface area contributed by atoms with Crippen LogP contribution >= 0.6 is 0 Å². The second-order valence-electron chi connectivity index (χ2n) is 5.12. The Morgan fingerprint density at radius 2 is 2.00 bits per heavy atom. The second kappa shape index (κ2) is 5.35. The highest BCUT2D eigenvalue weighted by atomic mass is 19.3. The van der Waals surface area contributed by atoms with Crippen LogP contribution in [-0.2, 0) is 6.42 Å². The quantitative estimate of drug-likeness (QED) is 0.915. The van der Waals surface area contributed by atoms with E-state index in [-0.39, 0.29) is 5.75 Å². The third-order valence-electron chi connectivity index (χ3n) is 3.60. The molecule has 3 rings (SSSR count). The molecule has 2 aromatic rings. The normalized spacial score (nSPS) is 14.7. The number of anilines is 1. The van der Waals surface area contributed by atoms with Gasteiger partial charge in [-0.25, -0.2) is 4.98 Å². The highest BCUT2D eigenvalue weighted by Crippen LogP contribution is 2.41. The average Bonchev–Trinajstić information content (AvgIpc) is 3.23. The zero-order chi connectivity index (χ0) is 15.0. The molecular weight excluding hydrogens is 276 g/mol. The third kappa shape index (κ3) is 2.70. The summed E-state index contributed by atoms with van der Waals surface area (Å²) in [5, 5.41) is 0. The summed E-state index contributed by atoms with van der Waals surface area (Å²) in [6.45, 7) is -0.772. The molecule has 0 atom stereocenters. The molecule has 1 aromatic heterocycles.